The number of aromatic amines is 1. The number of benzene rings is 1. The number of amides is 1. The quantitative estimate of drug-likeness (QED) is 0.683. The van der Waals surface area contributed by atoms with Gasteiger partial charge in [-0.2, -0.15) is 11.8 Å². The van der Waals surface area contributed by atoms with E-state index in [1.165, 1.54) is 11.8 Å². The molecule has 2 N–H and O–H groups in total. The van der Waals surface area contributed by atoms with Gasteiger partial charge in [-0.25, -0.2) is 4.98 Å². The van der Waals surface area contributed by atoms with Gasteiger partial charge in [0.25, 0.3) is 5.56 Å². The molecule has 1 unspecified atom stereocenters. The van der Waals surface area contributed by atoms with Crippen molar-refractivity contribution in [2.75, 3.05) is 25.5 Å². The van der Waals surface area contributed by atoms with Gasteiger partial charge in [0.05, 0.1) is 42.3 Å². The Labute approximate surface area is 159 Å². The monoisotopic (exact) mass is 391 g/mol. The third-order valence-electron chi connectivity index (χ3n) is 4.32. The number of nitrogens with zero attached hydrogens (tertiary/aromatic N) is 2. The molecule has 0 spiro atoms. The maximum atomic E-state index is 12.4. The van der Waals surface area contributed by atoms with Gasteiger partial charge in [-0.3, -0.25) is 14.4 Å². The lowest BCUT2D eigenvalue weighted by Crippen LogP contribution is -2.49. The summed E-state index contributed by atoms with van der Waals surface area (Å²) in [5, 5.41) is 9.52. The van der Waals surface area contributed by atoms with Gasteiger partial charge in [0, 0.05) is 18.7 Å². The number of morpholine rings is 1. The van der Waals surface area contributed by atoms with Gasteiger partial charge >= 0.3 is 5.97 Å². The molecule has 1 fully saturated rings. The number of H-pyrrole nitrogens is 1. The smallest absolute Gasteiger partial charge is 0.305 e. The number of hydrogen-bond donors (Lipinski definition) is 2. The zero-order chi connectivity index (χ0) is 19.2. The summed E-state index contributed by atoms with van der Waals surface area (Å²) in [5.41, 5.74) is 0.481. The molecule has 1 amide bonds. The van der Waals surface area contributed by atoms with Crippen molar-refractivity contribution in [2.45, 2.75) is 24.6 Å². The van der Waals surface area contributed by atoms with Crippen LogP contribution in [0.2, 0.25) is 0 Å². The van der Waals surface area contributed by atoms with Crippen molar-refractivity contribution in [1.82, 2.24) is 14.9 Å². The zero-order valence-corrected chi connectivity index (χ0v) is 15.5. The second-order valence-electron chi connectivity index (χ2n) is 6.25. The third kappa shape index (κ3) is 5.08. The van der Waals surface area contributed by atoms with Crippen LogP contribution in [0.25, 0.3) is 10.9 Å². The van der Waals surface area contributed by atoms with E-state index in [0.29, 0.717) is 47.8 Å². The van der Waals surface area contributed by atoms with Crippen LogP contribution in [0, 0.1) is 0 Å². The fraction of sp³-hybridized carbons (Fsp3) is 0.444. The van der Waals surface area contributed by atoms with Gasteiger partial charge in [0.15, 0.2) is 0 Å². The second kappa shape index (κ2) is 9.01. The lowest BCUT2D eigenvalue weighted by molar-refractivity contribution is -0.146. The Morgan fingerprint density at radius 1 is 1.37 bits per heavy atom. The van der Waals surface area contributed by atoms with Gasteiger partial charge in [0.2, 0.25) is 5.91 Å². The molecule has 2 aromatic rings. The molecule has 3 rings (SSSR count). The summed E-state index contributed by atoms with van der Waals surface area (Å²) in [7, 11) is 0. The molecule has 0 bridgehead atoms. The van der Waals surface area contributed by atoms with E-state index in [1.54, 1.807) is 23.1 Å². The van der Waals surface area contributed by atoms with Crippen LogP contribution < -0.4 is 5.56 Å². The first-order valence-electron chi connectivity index (χ1n) is 8.69. The lowest BCUT2D eigenvalue weighted by atomic mass is 10.1. The first kappa shape index (κ1) is 19.4. The summed E-state index contributed by atoms with van der Waals surface area (Å²) in [6, 6.07) is 6.74. The predicted octanol–water partition coefficient (Wildman–Crippen LogP) is 1.25. The molecule has 27 heavy (non-hydrogen) atoms. The largest absolute Gasteiger partial charge is 0.481 e. The van der Waals surface area contributed by atoms with Gasteiger partial charge in [-0.15, -0.1) is 0 Å². The van der Waals surface area contributed by atoms with Gasteiger partial charge in [-0.1, -0.05) is 12.1 Å². The minimum atomic E-state index is -0.941. The summed E-state index contributed by atoms with van der Waals surface area (Å²) >= 11 is 1.50. The second-order valence-corrected chi connectivity index (χ2v) is 7.35. The summed E-state index contributed by atoms with van der Waals surface area (Å²) in [4.78, 5) is 44.2. The van der Waals surface area contributed by atoms with Crippen LogP contribution in [-0.2, 0) is 20.1 Å². The number of hydrogen-bond acceptors (Lipinski definition) is 6. The molecular weight excluding hydrogens is 370 g/mol. The van der Waals surface area contributed by atoms with Gasteiger partial charge in [0.1, 0.15) is 5.82 Å². The average Bonchev–Trinajstić information content (AvgIpc) is 2.65. The van der Waals surface area contributed by atoms with Crippen LogP contribution in [0.15, 0.2) is 29.1 Å². The predicted molar refractivity (Wildman–Crippen MR) is 102 cm³/mol. The number of para-hydroxylation sites is 1. The van der Waals surface area contributed by atoms with Crippen molar-refractivity contribution in [3.63, 3.8) is 0 Å². The minimum Gasteiger partial charge on any atom is -0.481 e. The molecule has 1 aliphatic heterocycles. The molecule has 0 saturated carbocycles. The van der Waals surface area contributed by atoms with Crippen LogP contribution in [0.5, 0.6) is 0 Å². The van der Waals surface area contributed by atoms with Crippen LogP contribution in [0.4, 0.5) is 0 Å². The maximum absolute atomic E-state index is 12.4. The molecule has 1 aliphatic rings. The van der Waals surface area contributed by atoms with Crippen molar-refractivity contribution in [2.24, 2.45) is 0 Å². The van der Waals surface area contributed by atoms with Crippen LogP contribution >= 0.6 is 11.8 Å². The number of nitrogens with one attached hydrogen (secondary N) is 1. The van der Waals surface area contributed by atoms with E-state index in [2.05, 4.69) is 9.97 Å². The van der Waals surface area contributed by atoms with Crippen molar-refractivity contribution >= 4 is 34.5 Å². The highest BCUT2D eigenvalue weighted by Gasteiger charge is 2.28. The molecular formula is C18H21N3O5S. The Kier molecular flexibility index (Phi) is 6.46. The van der Waals surface area contributed by atoms with Crippen LogP contribution in [0.3, 0.4) is 0 Å². The van der Waals surface area contributed by atoms with E-state index in [9.17, 15) is 14.4 Å². The van der Waals surface area contributed by atoms with Crippen molar-refractivity contribution in [1.29, 1.82) is 0 Å². The molecule has 1 saturated heterocycles. The molecule has 2 heterocycles. The number of carbonyl (C=O) groups excluding carboxylic acids is 1. The van der Waals surface area contributed by atoms with E-state index in [1.807, 2.05) is 6.07 Å². The van der Waals surface area contributed by atoms with Crippen molar-refractivity contribution in [3.05, 3.63) is 40.4 Å². The van der Waals surface area contributed by atoms with E-state index in [-0.39, 0.29) is 24.5 Å². The molecule has 0 radical (unpaired) electrons. The van der Waals surface area contributed by atoms with E-state index in [4.69, 9.17) is 9.84 Å². The highest BCUT2D eigenvalue weighted by Crippen LogP contribution is 2.16. The molecule has 1 atom stereocenters. The average molecular weight is 391 g/mol. The normalized spacial score (nSPS) is 17.2. The van der Waals surface area contributed by atoms with Crippen molar-refractivity contribution < 1.29 is 19.4 Å². The molecule has 1 aromatic carbocycles. The third-order valence-corrected chi connectivity index (χ3v) is 5.29. The Balaban J connectivity index is 1.51. The Morgan fingerprint density at radius 3 is 3.00 bits per heavy atom. The molecule has 8 nitrogen and oxygen atoms in total. The number of carboxylic acids is 1. The standard InChI is InChI=1S/C18H21N3O5S/c22-16(21-6-7-26-10-12(21)9-17(23)24)5-8-27-11-15-19-14-4-2-1-3-13(14)18(25)20-15/h1-4,12H,5-11H2,(H,23,24)(H,19,20,25). The van der Waals surface area contributed by atoms with Crippen molar-refractivity contribution in [3.8, 4) is 0 Å². The number of aromatic nitrogens is 2. The van der Waals surface area contributed by atoms with Gasteiger partial charge < -0.3 is 19.7 Å². The summed E-state index contributed by atoms with van der Waals surface area (Å²) < 4.78 is 5.29. The highest BCUT2D eigenvalue weighted by atomic mass is 32.2. The van der Waals surface area contributed by atoms with Gasteiger partial charge in [-0.05, 0) is 12.1 Å². The fourth-order valence-electron chi connectivity index (χ4n) is 3.03. The van der Waals surface area contributed by atoms with Crippen LogP contribution in [-0.4, -0.2) is 63.4 Å². The zero-order valence-electron chi connectivity index (χ0n) is 14.7. The summed E-state index contributed by atoms with van der Waals surface area (Å²) in [5.74, 6) is 0.619. The number of carbonyl (C=O) groups is 2. The SMILES string of the molecule is O=C(O)CC1COCCN1C(=O)CCSCc1nc2ccccc2c(=O)[nH]1. The molecule has 9 heteroatoms. The van der Waals surface area contributed by atoms with Crippen LogP contribution in [0.1, 0.15) is 18.7 Å². The summed E-state index contributed by atoms with van der Waals surface area (Å²) in [6.45, 7) is 1.10. The fourth-order valence-corrected chi connectivity index (χ4v) is 3.82. The topological polar surface area (TPSA) is 113 Å². The van der Waals surface area contributed by atoms with E-state index in [0.717, 1.165) is 0 Å². The highest BCUT2D eigenvalue weighted by molar-refractivity contribution is 7.98. The number of carboxylic acid groups (broad SMARTS) is 1. The maximum Gasteiger partial charge on any atom is 0.305 e. The number of ether oxygens (including phenoxy) is 1. The van der Waals surface area contributed by atoms with E-state index >= 15 is 0 Å². The minimum absolute atomic E-state index is 0.0722. The molecule has 0 aliphatic carbocycles. The summed E-state index contributed by atoms with van der Waals surface area (Å²) in [6.07, 6.45) is 0.194. The van der Waals surface area contributed by atoms with E-state index < -0.39 is 12.0 Å². The Morgan fingerprint density at radius 2 is 2.19 bits per heavy atom. The lowest BCUT2D eigenvalue weighted by Gasteiger charge is -2.34. The first-order chi connectivity index (χ1) is 13.0. The number of thioether (sulfide) groups is 1. The number of aliphatic carboxylic acids is 1. The first-order valence-corrected chi connectivity index (χ1v) is 9.85. The molecule has 1 aromatic heterocycles. The number of rotatable bonds is 7. The molecule has 144 valence electrons. The Bertz CT molecular complexity index is 885. The number of fused-ring (bicyclic) bond motifs is 1. The Hall–Kier alpha value is -2.39.